The quantitative estimate of drug-likeness (QED) is 0.539. The molecule has 1 aromatic heterocycles. The molecule has 0 aliphatic heterocycles. The Morgan fingerprint density at radius 2 is 1.85 bits per heavy atom. The maximum absolute atomic E-state index is 12.0. The minimum absolute atomic E-state index is 0.0513. The van der Waals surface area contributed by atoms with Crippen LogP contribution in [0.2, 0.25) is 0 Å². The van der Waals surface area contributed by atoms with E-state index in [9.17, 15) is 4.79 Å². The zero-order chi connectivity index (χ0) is 13.9. The smallest absolute Gasteiger partial charge is 0.187 e. The van der Waals surface area contributed by atoms with Crippen LogP contribution in [0.15, 0.2) is 54.6 Å². The molecule has 4 nitrogen and oxygen atoms in total. The average molecular weight is 263 g/mol. The van der Waals surface area contributed by atoms with Crippen molar-refractivity contribution in [2.45, 2.75) is 6.92 Å². The molecule has 0 aliphatic carbocycles. The van der Waals surface area contributed by atoms with Gasteiger partial charge in [-0.2, -0.15) is 0 Å². The van der Waals surface area contributed by atoms with Gasteiger partial charge in [-0.15, -0.1) is 5.10 Å². The molecule has 20 heavy (non-hydrogen) atoms. The number of hydrogen-bond donors (Lipinski definition) is 0. The zero-order valence-electron chi connectivity index (χ0n) is 11.0. The molecule has 0 amide bonds. The Bertz CT molecular complexity index is 785. The molecule has 0 spiro atoms. The number of nitrogens with zero attached hydrogens (tertiary/aromatic N) is 3. The molecule has 0 N–H and O–H groups in total. The van der Waals surface area contributed by atoms with Gasteiger partial charge < -0.3 is 0 Å². The minimum atomic E-state index is -0.0513. The second-order valence-corrected chi connectivity index (χ2v) is 4.57. The predicted octanol–water partition coefficient (Wildman–Crippen LogP) is 3.09. The van der Waals surface area contributed by atoms with Crippen molar-refractivity contribution in [2.75, 3.05) is 0 Å². The van der Waals surface area contributed by atoms with Gasteiger partial charge in [0.15, 0.2) is 5.78 Å². The van der Waals surface area contributed by atoms with Gasteiger partial charge in [0.05, 0.1) is 5.52 Å². The van der Waals surface area contributed by atoms with Gasteiger partial charge in [0, 0.05) is 17.8 Å². The number of aromatic nitrogens is 3. The number of fused-ring (bicyclic) bond motifs is 1. The summed E-state index contributed by atoms with van der Waals surface area (Å²) in [7, 11) is 0. The van der Waals surface area contributed by atoms with Crippen LogP contribution < -0.4 is 0 Å². The first-order valence-electron chi connectivity index (χ1n) is 6.33. The topological polar surface area (TPSA) is 47.8 Å². The highest BCUT2D eigenvalue weighted by Crippen LogP contribution is 2.10. The molecule has 0 bridgehead atoms. The number of ketones is 1. The lowest BCUT2D eigenvalue weighted by molar-refractivity contribution is 0.104. The normalized spacial score (nSPS) is 11.2. The maximum Gasteiger partial charge on any atom is 0.187 e. The SMILES string of the molecule is Cc1ccc(C(=O)/C=C\n2nnc3ccccc32)cc1. The van der Waals surface area contributed by atoms with Gasteiger partial charge >= 0.3 is 0 Å². The largest absolute Gasteiger partial charge is 0.289 e. The van der Waals surface area contributed by atoms with Gasteiger partial charge in [-0.05, 0) is 19.1 Å². The highest BCUT2D eigenvalue weighted by Gasteiger charge is 2.03. The van der Waals surface area contributed by atoms with Crippen LogP contribution in [0.25, 0.3) is 17.2 Å². The number of allylic oxidation sites excluding steroid dienone is 1. The summed E-state index contributed by atoms with van der Waals surface area (Å²) in [5, 5.41) is 8.03. The van der Waals surface area contributed by atoms with Crippen molar-refractivity contribution in [2.24, 2.45) is 0 Å². The fraction of sp³-hybridized carbons (Fsp3) is 0.0625. The molecule has 0 saturated heterocycles. The highest BCUT2D eigenvalue weighted by molar-refractivity contribution is 6.06. The van der Waals surface area contributed by atoms with Crippen LogP contribution in [-0.4, -0.2) is 20.8 Å². The standard InChI is InChI=1S/C16H13N3O/c1-12-6-8-13(9-7-12)16(20)10-11-19-15-5-3-2-4-14(15)17-18-19/h2-11H,1H3/b11-10-. The third kappa shape index (κ3) is 2.36. The summed E-state index contributed by atoms with van der Waals surface area (Å²) in [4.78, 5) is 12.0. The summed E-state index contributed by atoms with van der Waals surface area (Å²) in [5.74, 6) is -0.0513. The first kappa shape index (κ1) is 12.3. The van der Waals surface area contributed by atoms with Gasteiger partial charge in [0.2, 0.25) is 0 Å². The minimum Gasteiger partial charge on any atom is -0.289 e. The number of hydrogen-bond acceptors (Lipinski definition) is 3. The molecule has 3 aromatic rings. The third-order valence-corrected chi connectivity index (χ3v) is 3.08. The van der Waals surface area contributed by atoms with Crippen LogP contribution in [0.1, 0.15) is 15.9 Å². The van der Waals surface area contributed by atoms with Crippen molar-refractivity contribution in [3.8, 4) is 0 Å². The van der Waals surface area contributed by atoms with Crippen molar-refractivity contribution in [1.29, 1.82) is 0 Å². The molecule has 0 saturated carbocycles. The number of carbonyl (C=O) groups is 1. The van der Waals surface area contributed by atoms with Crippen molar-refractivity contribution in [3.05, 3.63) is 65.7 Å². The lowest BCUT2D eigenvalue weighted by Gasteiger charge is -1.97. The third-order valence-electron chi connectivity index (χ3n) is 3.08. The van der Waals surface area contributed by atoms with Gasteiger partial charge in [0.25, 0.3) is 0 Å². The fourth-order valence-electron chi connectivity index (χ4n) is 1.95. The number of para-hydroxylation sites is 1. The van der Waals surface area contributed by atoms with Crippen molar-refractivity contribution in [3.63, 3.8) is 0 Å². The van der Waals surface area contributed by atoms with Crippen molar-refractivity contribution >= 4 is 23.0 Å². The molecule has 0 unspecified atom stereocenters. The Kier molecular flexibility index (Phi) is 3.13. The van der Waals surface area contributed by atoms with Crippen LogP contribution in [0.5, 0.6) is 0 Å². The number of rotatable bonds is 3. The van der Waals surface area contributed by atoms with Crippen LogP contribution in [0.3, 0.4) is 0 Å². The van der Waals surface area contributed by atoms with E-state index in [2.05, 4.69) is 10.3 Å². The fourth-order valence-corrected chi connectivity index (χ4v) is 1.95. The molecule has 98 valence electrons. The zero-order valence-corrected chi connectivity index (χ0v) is 11.0. The maximum atomic E-state index is 12.0. The highest BCUT2D eigenvalue weighted by atomic mass is 16.1. The molecular formula is C16H13N3O. The molecule has 3 rings (SSSR count). The van der Waals surface area contributed by atoms with E-state index >= 15 is 0 Å². The van der Waals surface area contributed by atoms with E-state index in [1.807, 2.05) is 55.5 Å². The van der Waals surface area contributed by atoms with E-state index in [-0.39, 0.29) is 5.78 Å². The second kappa shape index (κ2) is 5.09. The van der Waals surface area contributed by atoms with E-state index < -0.39 is 0 Å². The van der Waals surface area contributed by atoms with E-state index in [4.69, 9.17) is 0 Å². The molecule has 0 atom stereocenters. The van der Waals surface area contributed by atoms with Gasteiger partial charge in [-0.1, -0.05) is 47.2 Å². The van der Waals surface area contributed by atoms with Crippen LogP contribution >= 0.6 is 0 Å². The van der Waals surface area contributed by atoms with E-state index in [0.29, 0.717) is 5.56 Å². The molecular weight excluding hydrogens is 250 g/mol. The lowest BCUT2D eigenvalue weighted by atomic mass is 10.1. The van der Waals surface area contributed by atoms with E-state index in [1.165, 1.54) is 6.08 Å². The van der Waals surface area contributed by atoms with Crippen LogP contribution in [0.4, 0.5) is 0 Å². The molecule has 1 heterocycles. The van der Waals surface area contributed by atoms with Gasteiger partial charge in [-0.25, -0.2) is 4.68 Å². The molecule has 4 heteroatoms. The number of carbonyl (C=O) groups excluding carboxylic acids is 1. The number of benzene rings is 2. The molecule has 0 fully saturated rings. The lowest BCUT2D eigenvalue weighted by Crippen LogP contribution is -1.96. The van der Waals surface area contributed by atoms with Crippen molar-refractivity contribution in [1.82, 2.24) is 15.0 Å². The van der Waals surface area contributed by atoms with Crippen LogP contribution in [-0.2, 0) is 0 Å². The molecule has 0 aliphatic rings. The second-order valence-electron chi connectivity index (χ2n) is 4.57. The van der Waals surface area contributed by atoms with E-state index in [1.54, 1.807) is 10.9 Å². The average Bonchev–Trinajstić information content (AvgIpc) is 2.89. The molecule has 2 aromatic carbocycles. The van der Waals surface area contributed by atoms with Gasteiger partial charge in [-0.3, -0.25) is 4.79 Å². The summed E-state index contributed by atoms with van der Waals surface area (Å²) in [6.45, 7) is 1.99. The Balaban J connectivity index is 1.87. The van der Waals surface area contributed by atoms with E-state index in [0.717, 1.165) is 16.6 Å². The number of aryl methyl sites for hydroxylation is 1. The predicted molar refractivity (Wildman–Crippen MR) is 78.4 cm³/mol. The van der Waals surface area contributed by atoms with Gasteiger partial charge in [0.1, 0.15) is 5.52 Å². The van der Waals surface area contributed by atoms with Crippen LogP contribution in [0, 0.1) is 6.92 Å². The summed E-state index contributed by atoms with van der Waals surface area (Å²) < 4.78 is 1.60. The Morgan fingerprint density at radius 3 is 2.65 bits per heavy atom. The first-order chi connectivity index (χ1) is 9.74. The Morgan fingerprint density at radius 1 is 1.10 bits per heavy atom. The summed E-state index contributed by atoms with van der Waals surface area (Å²) in [5.41, 5.74) is 3.48. The Hall–Kier alpha value is -2.75. The summed E-state index contributed by atoms with van der Waals surface area (Å²) >= 11 is 0. The summed E-state index contributed by atoms with van der Waals surface area (Å²) in [6.07, 6.45) is 3.14. The Labute approximate surface area is 116 Å². The molecule has 0 radical (unpaired) electrons. The first-order valence-corrected chi connectivity index (χ1v) is 6.33. The summed E-state index contributed by atoms with van der Waals surface area (Å²) in [6, 6.07) is 15.1. The van der Waals surface area contributed by atoms with Crippen molar-refractivity contribution < 1.29 is 4.79 Å². The monoisotopic (exact) mass is 263 g/mol.